The zero-order valence-corrected chi connectivity index (χ0v) is 10.9. The van der Waals surface area contributed by atoms with E-state index in [2.05, 4.69) is 15.9 Å². The van der Waals surface area contributed by atoms with E-state index in [0.29, 0.717) is 16.6 Å². The Hall–Kier alpha value is -0.760. The number of phenols is 1. The average Bonchev–Trinajstić information content (AvgIpc) is 2.11. The largest absolute Gasteiger partial charge is 0.506 e. The number of nitrogens with zero attached hydrogens (tertiary/aromatic N) is 2. The van der Waals surface area contributed by atoms with Crippen molar-refractivity contribution in [1.82, 2.24) is 4.90 Å². The number of benzene rings is 1. The average molecular weight is 292 g/mol. The molecule has 0 heterocycles. The third kappa shape index (κ3) is 3.71. The van der Waals surface area contributed by atoms with Crippen LogP contribution in [0.4, 0.5) is 0 Å². The van der Waals surface area contributed by atoms with Gasteiger partial charge in [-0.05, 0) is 42.2 Å². The molecular formula is C10H12BrClN2O. The molecular weight excluding hydrogens is 279 g/mol. The molecule has 1 N–H and O–H groups in total. The highest BCUT2D eigenvalue weighted by molar-refractivity contribution is 9.10. The fourth-order valence-electron chi connectivity index (χ4n) is 1.18. The van der Waals surface area contributed by atoms with Crippen LogP contribution in [0, 0.1) is 11.3 Å². The van der Waals surface area contributed by atoms with Crippen LogP contribution in [0.3, 0.4) is 0 Å². The zero-order valence-electron chi connectivity index (χ0n) is 8.49. The van der Waals surface area contributed by atoms with Crippen molar-refractivity contribution in [2.75, 3.05) is 14.1 Å². The Bertz CT molecular complexity index is 388. The third-order valence-electron chi connectivity index (χ3n) is 1.76. The van der Waals surface area contributed by atoms with Gasteiger partial charge in [-0.3, -0.25) is 0 Å². The van der Waals surface area contributed by atoms with E-state index >= 15 is 0 Å². The van der Waals surface area contributed by atoms with Crippen molar-refractivity contribution in [1.29, 1.82) is 5.26 Å². The summed E-state index contributed by atoms with van der Waals surface area (Å²) in [6.07, 6.45) is 0. The molecule has 1 aromatic carbocycles. The molecule has 0 unspecified atom stereocenters. The monoisotopic (exact) mass is 290 g/mol. The van der Waals surface area contributed by atoms with Crippen LogP contribution in [0.15, 0.2) is 16.6 Å². The maximum Gasteiger partial charge on any atom is 0.134 e. The molecule has 0 radical (unpaired) electrons. The highest BCUT2D eigenvalue weighted by Gasteiger charge is 2.08. The molecule has 0 aliphatic carbocycles. The van der Waals surface area contributed by atoms with Crippen molar-refractivity contribution < 1.29 is 5.11 Å². The second-order valence-corrected chi connectivity index (χ2v) is 4.17. The molecule has 0 spiro atoms. The lowest BCUT2D eigenvalue weighted by atomic mass is 10.1. The van der Waals surface area contributed by atoms with Crippen LogP contribution in [0.1, 0.15) is 11.1 Å². The molecule has 82 valence electrons. The molecule has 0 aliphatic heterocycles. The van der Waals surface area contributed by atoms with Crippen molar-refractivity contribution in [2.24, 2.45) is 0 Å². The summed E-state index contributed by atoms with van der Waals surface area (Å²) in [7, 11) is 3.82. The Morgan fingerprint density at radius 1 is 1.47 bits per heavy atom. The van der Waals surface area contributed by atoms with Gasteiger partial charge in [-0.15, -0.1) is 12.4 Å². The maximum atomic E-state index is 9.68. The molecule has 0 fully saturated rings. The molecule has 0 saturated heterocycles. The number of aromatic hydroxyl groups is 1. The number of nitriles is 1. The van der Waals surface area contributed by atoms with Gasteiger partial charge in [-0.25, -0.2) is 0 Å². The summed E-state index contributed by atoms with van der Waals surface area (Å²) in [5.74, 6) is 0.206. The summed E-state index contributed by atoms with van der Waals surface area (Å²) in [5.41, 5.74) is 1.30. The van der Waals surface area contributed by atoms with Crippen LogP contribution in [-0.4, -0.2) is 24.1 Å². The first-order chi connectivity index (χ1) is 6.54. The van der Waals surface area contributed by atoms with Gasteiger partial charge in [0.05, 0.1) is 16.1 Å². The van der Waals surface area contributed by atoms with Crippen LogP contribution in [0.25, 0.3) is 0 Å². The molecule has 5 heteroatoms. The lowest BCUT2D eigenvalue weighted by Gasteiger charge is -2.12. The molecule has 0 amide bonds. The molecule has 1 rings (SSSR count). The van der Waals surface area contributed by atoms with Gasteiger partial charge < -0.3 is 10.0 Å². The van der Waals surface area contributed by atoms with Gasteiger partial charge >= 0.3 is 0 Å². The molecule has 0 aliphatic rings. The second kappa shape index (κ2) is 5.96. The minimum absolute atomic E-state index is 0. The summed E-state index contributed by atoms with van der Waals surface area (Å²) in [6, 6.07) is 5.35. The minimum Gasteiger partial charge on any atom is -0.506 e. The fourth-order valence-corrected chi connectivity index (χ4v) is 1.68. The van der Waals surface area contributed by atoms with Crippen molar-refractivity contribution in [3.63, 3.8) is 0 Å². The molecule has 0 atom stereocenters. The van der Waals surface area contributed by atoms with E-state index in [1.165, 1.54) is 0 Å². The Balaban J connectivity index is 0.00000196. The zero-order chi connectivity index (χ0) is 10.7. The minimum atomic E-state index is 0. The Kier molecular flexibility index (Phi) is 5.66. The number of phenolic OH excluding ortho intramolecular Hbond substituents is 1. The van der Waals surface area contributed by atoms with Gasteiger partial charge in [-0.1, -0.05) is 0 Å². The van der Waals surface area contributed by atoms with Crippen molar-refractivity contribution in [3.8, 4) is 11.8 Å². The first kappa shape index (κ1) is 14.2. The molecule has 0 saturated carbocycles. The first-order valence-corrected chi connectivity index (χ1v) is 4.90. The van der Waals surface area contributed by atoms with Gasteiger partial charge in [0.2, 0.25) is 0 Å². The van der Waals surface area contributed by atoms with Crippen LogP contribution < -0.4 is 0 Å². The lowest BCUT2D eigenvalue weighted by molar-refractivity contribution is 0.385. The maximum absolute atomic E-state index is 9.68. The van der Waals surface area contributed by atoms with E-state index < -0.39 is 0 Å². The van der Waals surface area contributed by atoms with Crippen molar-refractivity contribution in [3.05, 3.63) is 27.7 Å². The lowest BCUT2D eigenvalue weighted by Crippen LogP contribution is -2.11. The quantitative estimate of drug-likeness (QED) is 0.911. The topological polar surface area (TPSA) is 47.3 Å². The van der Waals surface area contributed by atoms with E-state index in [0.717, 1.165) is 5.56 Å². The molecule has 0 bridgehead atoms. The Morgan fingerprint density at radius 2 is 2.07 bits per heavy atom. The predicted octanol–water partition coefficient (Wildman–Crippen LogP) is 2.51. The standard InChI is InChI=1S/C10H11BrN2O.ClH/c1-13(2)6-8-3-7(5-12)4-9(11)10(8)14;/h3-4,14H,6H2,1-2H3;1H. The number of halogens is 2. The number of hydrogen-bond donors (Lipinski definition) is 1. The Labute approximate surface area is 104 Å². The van der Waals surface area contributed by atoms with E-state index in [1.807, 2.05) is 25.1 Å². The smallest absolute Gasteiger partial charge is 0.134 e. The van der Waals surface area contributed by atoms with Crippen LogP contribution >= 0.6 is 28.3 Å². The van der Waals surface area contributed by atoms with E-state index in [-0.39, 0.29) is 18.2 Å². The van der Waals surface area contributed by atoms with Crippen LogP contribution in [0.2, 0.25) is 0 Å². The van der Waals surface area contributed by atoms with Crippen molar-refractivity contribution in [2.45, 2.75) is 6.54 Å². The molecule has 0 aromatic heterocycles. The van der Waals surface area contributed by atoms with E-state index in [9.17, 15) is 5.11 Å². The Morgan fingerprint density at radius 3 is 2.53 bits per heavy atom. The number of rotatable bonds is 2. The van der Waals surface area contributed by atoms with Crippen molar-refractivity contribution >= 4 is 28.3 Å². The SMILES string of the molecule is CN(C)Cc1cc(C#N)cc(Br)c1O.Cl. The molecule has 1 aromatic rings. The summed E-state index contributed by atoms with van der Waals surface area (Å²) < 4.78 is 0.563. The fraction of sp³-hybridized carbons (Fsp3) is 0.300. The van der Waals surface area contributed by atoms with Gasteiger partial charge in [0.25, 0.3) is 0 Å². The van der Waals surface area contributed by atoms with Crippen LogP contribution in [0.5, 0.6) is 5.75 Å². The summed E-state index contributed by atoms with van der Waals surface area (Å²) >= 11 is 3.21. The van der Waals surface area contributed by atoms with Gasteiger partial charge in [0.1, 0.15) is 5.75 Å². The second-order valence-electron chi connectivity index (χ2n) is 3.32. The van der Waals surface area contributed by atoms with E-state index in [1.54, 1.807) is 12.1 Å². The predicted molar refractivity (Wildman–Crippen MR) is 65.2 cm³/mol. The normalized spacial score (nSPS) is 9.53. The van der Waals surface area contributed by atoms with Crippen LogP contribution in [-0.2, 0) is 6.54 Å². The number of hydrogen-bond acceptors (Lipinski definition) is 3. The van der Waals surface area contributed by atoms with Gasteiger partial charge in [0.15, 0.2) is 0 Å². The summed E-state index contributed by atoms with van der Waals surface area (Å²) in [4.78, 5) is 1.93. The highest BCUT2D eigenvalue weighted by atomic mass is 79.9. The third-order valence-corrected chi connectivity index (χ3v) is 2.36. The first-order valence-electron chi connectivity index (χ1n) is 4.11. The highest BCUT2D eigenvalue weighted by Crippen LogP contribution is 2.29. The van der Waals surface area contributed by atoms with Gasteiger partial charge in [0, 0.05) is 12.1 Å². The molecule has 3 nitrogen and oxygen atoms in total. The summed E-state index contributed by atoms with van der Waals surface area (Å²) in [6.45, 7) is 0.611. The molecule has 15 heavy (non-hydrogen) atoms. The van der Waals surface area contributed by atoms with Gasteiger partial charge in [-0.2, -0.15) is 5.26 Å². The summed E-state index contributed by atoms with van der Waals surface area (Å²) in [5, 5.41) is 18.4. The van der Waals surface area contributed by atoms with E-state index in [4.69, 9.17) is 5.26 Å².